The standard InChI is InChI=1S/C18H17NO2/c1-3-13(2)16-6-4-5-7-18(16)21-17-9-8-14(12-20)10-15(17)11-19/h4-10,12-13H,3H2,1-2H3. The lowest BCUT2D eigenvalue weighted by Crippen LogP contribution is -1.97. The maximum atomic E-state index is 10.8. The fourth-order valence-corrected chi connectivity index (χ4v) is 2.12. The van der Waals surface area contributed by atoms with Gasteiger partial charge in [-0.15, -0.1) is 0 Å². The lowest BCUT2D eigenvalue weighted by Gasteiger charge is -2.16. The monoisotopic (exact) mass is 279 g/mol. The second kappa shape index (κ2) is 6.71. The van der Waals surface area contributed by atoms with Gasteiger partial charge in [0.25, 0.3) is 0 Å². The molecule has 3 nitrogen and oxygen atoms in total. The molecule has 1 unspecified atom stereocenters. The van der Waals surface area contributed by atoms with Crippen LogP contribution in [-0.2, 0) is 0 Å². The third kappa shape index (κ3) is 3.29. The minimum atomic E-state index is 0.360. The van der Waals surface area contributed by atoms with Gasteiger partial charge in [-0.25, -0.2) is 0 Å². The molecule has 0 radical (unpaired) electrons. The molecule has 2 rings (SSSR count). The van der Waals surface area contributed by atoms with Crippen LogP contribution in [0.2, 0.25) is 0 Å². The maximum absolute atomic E-state index is 10.8. The summed E-state index contributed by atoms with van der Waals surface area (Å²) >= 11 is 0. The molecule has 0 fully saturated rings. The SMILES string of the molecule is CCC(C)c1ccccc1Oc1ccc(C=O)cc1C#N. The molecule has 0 saturated carbocycles. The summed E-state index contributed by atoms with van der Waals surface area (Å²) < 4.78 is 5.92. The van der Waals surface area contributed by atoms with Gasteiger partial charge in [-0.05, 0) is 42.2 Å². The normalized spacial score (nSPS) is 11.5. The van der Waals surface area contributed by atoms with Crippen LogP contribution in [0, 0.1) is 11.3 Å². The van der Waals surface area contributed by atoms with Crippen molar-refractivity contribution in [3.8, 4) is 17.6 Å². The highest BCUT2D eigenvalue weighted by Gasteiger charge is 2.12. The molecule has 106 valence electrons. The quantitative estimate of drug-likeness (QED) is 0.747. The van der Waals surface area contributed by atoms with Crippen LogP contribution in [0.4, 0.5) is 0 Å². The number of aldehydes is 1. The molecule has 0 N–H and O–H groups in total. The van der Waals surface area contributed by atoms with Crippen LogP contribution in [0.1, 0.15) is 47.7 Å². The zero-order valence-corrected chi connectivity index (χ0v) is 12.2. The van der Waals surface area contributed by atoms with E-state index in [2.05, 4.69) is 19.9 Å². The Balaban J connectivity index is 2.39. The molecule has 0 bridgehead atoms. The number of carbonyl (C=O) groups excluding carboxylic acids is 1. The molecule has 1 atom stereocenters. The van der Waals surface area contributed by atoms with Crippen LogP contribution in [0.25, 0.3) is 0 Å². The van der Waals surface area contributed by atoms with Crippen LogP contribution in [0.5, 0.6) is 11.5 Å². The number of benzene rings is 2. The highest BCUT2D eigenvalue weighted by atomic mass is 16.5. The molecule has 0 aliphatic rings. The van der Waals surface area contributed by atoms with Gasteiger partial charge in [0.05, 0.1) is 5.56 Å². The van der Waals surface area contributed by atoms with Crippen molar-refractivity contribution < 1.29 is 9.53 Å². The first-order valence-electron chi connectivity index (χ1n) is 6.95. The van der Waals surface area contributed by atoms with Crippen molar-refractivity contribution in [1.29, 1.82) is 5.26 Å². The summed E-state index contributed by atoms with van der Waals surface area (Å²) in [7, 11) is 0. The van der Waals surface area contributed by atoms with E-state index in [0.29, 0.717) is 22.8 Å². The van der Waals surface area contributed by atoms with Crippen molar-refractivity contribution in [2.24, 2.45) is 0 Å². The maximum Gasteiger partial charge on any atom is 0.150 e. The van der Waals surface area contributed by atoms with Crippen LogP contribution in [0.15, 0.2) is 42.5 Å². The lowest BCUT2D eigenvalue weighted by molar-refractivity contribution is 0.112. The molecule has 0 saturated heterocycles. The van der Waals surface area contributed by atoms with E-state index in [9.17, 15) is 10.1 Å². The molecule has 0 spiro atoms. The van der Waals surface area contributed by atoms with E-state index >= 15 is 0 Å². The summed E-state index contributed by atoms with van der Waals surface area (Å²) in [4.78, 5) is 10.8. The fourth-order valence-electron chi connectivity index (χ4n) is 2.12. The van der Waals surface area contributed by atoms with Crippen molar-refractivity contribution in [2.45, 2.75) is 26.2 Å². The molecule has 21 heavy (non-hydrogen) atoms. The van der Waals surface area contributed by atoms with Gasteiger partial charge in [-0.1, -0.05) is 32.0 Å². The number of hydrogen-bond acceptors (Lipinski definition) is 3. The van der Waals surface area contributed by atoms with Crippen LogP contribution < -0.4 is 4.74 Å². The van der Waals surface area contributed by atoms with Crippen molar-refractivity contribution in [3.05, 3.63) is 59.2 Å². The smallest absolute Gasteiger partial charge is 0.150 e. The average molecular weight is 279 g/mol. The fraction of sp³-hybridized carbons (Fsp3) is 0.222. The van der Waals surface area contributed by atoms with Crippen LogP contribution in [0.3, 0.4) is 0 Å². The Morgan fingerprint density at radius 1 is 1.24 bits per heavy atom. The number of hydrogen-bond donors (Lipinski definition) is 0. The highest BCUT2D eigenvalue weighted by Crippen LogP contribution is 2.33. The number of carbonyl (C=O) groups is 1. The number of rotatable bonds is 5. The topological polar surface area (TPSA) is 50.1 Å². The van der Waals surface area contributed by atoms with E-state index < -0.39 is 0 Å². The Kier molecular flexibility index (Phi) is 4.73. The van der Waals surface area contributed by atoms with E-state index in [1.54, 1.807) is 12.1 Å². The highest BCUT2D eigenvalue weighted by molar-refractivity contribution is 5.76. The first-order valence-corrected chi connectivity index (χ1v) is 6.95. The third-order valence-corrected chi connectivity index (χ3v) is 3.54. The molecule has 0 aliphatic carbocycles. The second-order valence-corrected chi connectivity index (χ2v) is 4.93. The first kappa shape index (κ1) is 14.8. The van der Waals surface area contributed by atoms with Gasteiger partial charge in [0.2, 0.25) is 0 Å². The summed E-state index contributed by atoms with van der Waals surface area (Å²) in [5.74, 6) is 1.60. The minimum Gasteiger partial charge on any atom is -0.456 e. The largest absolute Gasteiger partial charge is 0.456 e. The Labute approximate surface area is 124 Å². The van der Waals surface area contributed by atoms with Crippen LogP contribution >= 0.6 is 0 Å². The molecule has 0 aromatic heterocycles. The molecular weight excluding hydrogens is 262 g/mol. The predicted molar refractivity (Wildman–Crippen MR) is 81.8 cm³/mol. The lowest BCUT2D eigenvalue weighted by atomic mass is 9.98. The minimum absolute atomic E-state index is 0.360. The average Bonchev–Trinajstić information content (AvgIpc) is 2.55. The Morgan fingerprint density at radius 2 is 2.00 bits per heavy atom. The molecule has 0 heterocycles. The molecule has 3 heteroatoms. The number of ether oxygens (including phenoxy) is 1. The Hall–Kier alpha value is -2.60. The summed E-state index contributed by atoms with van der Waals surface area (Å²) in [6, 6.07) is 14.7. The van der Waals surface area contributed by atoms with Crippen molar-refractivity contribution >= 4 is 6.29 Å². The van der Waals surface area contributed by atoms with E-state index in [1.165, 1.54) is 6.07 Å². The molecule has 2 aromatic rings. The van der Waals surface area contributed by atoms with Crippen molar-refractivity contribution in [2.75, 3.05) is 0 Å². The number of nitrogens with zero attached hydrogens (tertiary/aromatic N) is 1. The van der Waals surface area contributed by atoms with Crippen LogP contribution in [-0.4, -0.2) is 6.29 Å². The van der Waals surface area contributed by atoms with Gasteiger partial charge in [0, 0.05) is 5.56 Å². The summed E-state index contributed by atoms with van der Waals surface area (Å²) in [6.45, 7) is 4.27. The Morgan fingerprint density at radius 3 is 2.67 bits per heavy atom. The number of nitriles is 1. The van der Waals surface area contributed by atoms with Crippen molar-refractivity contribution in [3.63, 3.8) is 0 Å². The van der Waals surface area contributed by atoms with Gasteiger partial charge < -0.3 is 4.74 Å². The zero-order valence-electron chi connectivity index (χ0n) is 12.2. The van der Waals surface area contributed by atoms with Gasteiger partial charge in [0.15, 0.2) is 0 Å². The summed E-state index contributed by atoms with van der Waals surface area (Å²) in [5.41, 5.74) is 1.94. The van der Waals surface area contributed by atoms with Crippen molar-refractivity contribution in [1.82, 2.24) is 0 Å². The predicted octanol–water partition coefficient (Wildman–Crippen LogP) is 4.68. The first-order chi connectivity index (χ1) is 10.2. The summed E-state index contributed by atoms with van der Waals surface area (Å²) in [6.07, 6.45) is 1.73. The van der Waals surface area contributed by atoms with Gasteiger partial charge in [0.1, 0.15) is 23.9 Å². The second-order valence-electron chi connectivity index (χ2n) is 4.93. The Bertz CT molecular complexity index is 686. The van der Waals surface area contributed by atoms with Gasteiger partial charge >= 0.3 is 0 Å². The van der Waals surface area contributed by atoms with E-state index in [4.69, 9.17) is 4.74 Å². The van der Waals surface area contributed by atoms with E-state index in [0.717, 1.165) is 24.0 Å². The molecule has 0 aliphatic heterocycles. The third-order valence-electron chi connectivity index (χ3n) is 3.54. The number of para-hydroxylation sites is 1. The molecule has 0 amide bonds. The molecular formula is C18H17NO2. The van der Waals surface area contributed by atoms with Gasteiger partial charge in [-0.3, -0.25) is 4.79 Å². The molecule has 2 aromatic carbocycles. The van der Waals surface area contributed by atoms with Gasteiger partial charge in [-0.2, -0.15) is 5.26 Å². The zero-order chi connectivity index (χ0) is 15.2. The van der Waals surface area contributed by atoms with E-state index in [-0.39, 0.29) is 0 Å². The summed E-state index contributed by atoms with van der Waals surface area (Å²) in [5, 5.41) is 9.20. The van der Waals surface area contributed by atoms with E-state index in [1.807, 2.05) is 24.3 Å².